The van der Waals surface area contributed by atoms with Crippen LogP contribution in [0.25, 0.3) is 0 Å². The first-order valence-corrected chi connectivity index (χ1v) is 7.80. The molecule has 0 bridgehead atoms. The SMILES string of the molecule is CC(=O)N1CCN(c2nc3c(cc2C(N)=S)CCC3)CC1. The van der Waals surface area contributed by atoms with E-state index in [4.69, 9.17) is 22.9 Å². The Morgan fingerprint density at radius 3 is 2.62 bits per heavy atom. The van der Waals surface area contributed by atoms with Gasteiger partial charge in [-0.15, -0.1) is 0 Å². The van der Waals surface area contributed by atoms with Gasteiger partial charge in [0.2, 0.25) is 5.91 Å². The van der Waals surface area contributed by atoms with Crippen LogP contribution in [-0.4, -0.2) is 47.0 Å². The van der Waals surface area contributed by atoms with Gasteiger partial charge < -0.3 is 15.5 Å². The molecule has 1 amide bonds. The summed E-state index contributed by atoms with van der Waals surface area (Å²) in [5.74, 6) is 1.03. The molecule has 2 heterocycles. The first-order chi connectivity index (χ1) is 10.1. The highest BCUT2D eigenvalue weighted by Gasteiger charge is 2.24. The van der Waals surface area contributed by atoms with Crippen LogP contribution in [0.1, 0.15) is 30.2 Å². The van der Waals surface area contributed by atoms with Gasteiger partial charge in [0.1, 0.15) is 10.8 Å². The molecule has 3 rings (SSSR count). The summed E-state index contributed by atoms with van der Waals surface area (Å²) in [6, 6.07) is 2.12. The molecule has 1 aromatic heterocycles. The number of aromatic nitrogens is 1. The maximum absolute atomic E-state index is 11.4. The summed E-state index contributed by atoms with van der Waals surface area (Å²) in [6.45, 7) is 4.63. The number of fused-ring (bicyclic) bond motifs is 1. The molecule has 0 spiro atoms. The van der Waals surface area contributed by atoms with Gasteiger partial charge in [0, 0.05) is 38.8 Å². The lowest BCUT2D eigenvalue weighted by Gasteiger charge is -2.36. The Kier molecular flexibility index (Phi) is 3.80. The fourth-order valence-corrected chi connectivity index (χ4v) is 3.27. The minimum atomic E-state index is 0.131. The van der Waals surface area contributed by atoms with E-state index in [-0.39, 0.29) is 5.91 Å². The molecule has 0 radical (unpaired) electrons. The number of carbonyl (C=O) groups excluding carboxylic acids is 1. The number of pyridine rings is 1. The van der Waals surface area contributed by atoms with Gasteiger partial charge in [-0.05, 0) is 30.9 Å². The Morgan fingerprint density at radius 2 is 2.00 bits per heavy atom. The fraction of sp³-hybridized carbons (Fsp3) is 0.533. The molecule has 0 aromatic carbocycles. The maximum atomic E-state index is 11.4. The molecular formula is C15H20N4OS. The molecule has 1 aliphatic carbocycles. The van der Waals surface area contributed by atoms with Gasteiger partial charge in [0.05, 0.1) is 5.56 Å². The fourth-order valence-electron chi connectivity index (χ4n) is 3.12. The van der Waals surface area contributed by atoms with Crippen molar-refractivity contribution in [2.24, 2.45) is 5.73 Å². The molecule has 1 fully saturated rings. The Hall–Kier alpha value is -1.69. The van der Waals surface area contributed by atoms with Crippen LogP contribution in [0.3, 0.4) is 0 Å². The number of hydrogen-bond donors (Lipinski definition) is 1. The maximum Gasteiger partial charge on any atom is 0.219 e. The van der Waals surface area contributed by atoms with Crippen molar-refractivity contribution < 1.29 is 4.79 Å². The van der Waals surface area contributed by atoms with Crippen LogP contribution in [0.15, 0.2) is 6.07 Å². The van der Waals surface area contributed by atoms with Gasteiger partial charge >= 0.3 is 0 Å². The van der Waals surface area contributed by atoms with Crippen molar-refractivity contribution in [3.63, 3.8) is 0 Å². The molecule has 2 aliphatic rings. The molecule has 5 nitrogen and oxygen atoms in total. The predicted octanol–water partition coefficient (Wildman–Crippen LogP) is 0.873. The average molecular weight is 304 g/mol. The quantitative estimate of drug-likeness (QED) is 0.822. The lowest BCUT2D eigenvalue weighted by atomic mass is 10.1. The highest BCUT2D eigenvalue weighted by Crippen LogP contribution is 2.28. The number of carbonyl (C=O) groups is 1. The summed E-state index contributed by atoms with van der Waals surface area (Å²) in [6.07, 6.45) is 3.25. The molecule has 0 atom stereocenters. The van der Waals surface area contributed by atoms with Crippen LogP contribution in [0.2, 0.25) is 0 Å². The summed E-state index contributed by atoms with van der Waals surface area (Å²) < 4.78 is 0. The van der Waals surface area contributed by atoms with Crippen molar-refractivity contribution in [3.05, 3.63) is 22.9 Å². The van der Waals surface area contributed by atoms with E-state index >= 15 is 0 Å². The number of anilines is 1. The monoisotopic (exact) mass is 304 g/mol. The van der Waals surface area contributed by atoms with Crippen molar-refractivity contribution in [2.45, 2.75) is 26.2 Å². The number of amides is 1. The normalized spacial score (nSPS) is 17.8. The van der Waals surface area contributed by atoms with E-state index in [1.165, 1.54) is 11.3 Å². The zero-order valence-electron chi connectivity index (χ0n) is 12.3. The number of aryl methyl sites for hydroxylation is 2. The minimum absolute atomic E-state index is 0.131. The zero-order chi connectivity index (χ0) is 15.0. The predicted molar refractivity (Wildman–Crippen MR) is 86.6 cm³/mol. The summed E-state index contributed by atoms with van der Waals surface area (Å²) in [5, 5.41) is 0. The van der Waals surface area contributed by atoms with Crippen LogP contribution in [-0.2, 0) is 17.6 Å². The molecule has 0 saturated carbocycles. The molecule has 0 unspecified atom stereocenters. The van der Waals surface area contributed by atoms with E-state index in [1.807, 2.05) is 4.90 Å². The summed E-state index contributed by atoms with van der Waals surface area (Å²) in [7, 11) is 0. The second-order valence-electron chi connectivity index (χ2n) is 5.68. The first-order valence-electron chi connectivity index (χ1n) is 7.39. The second kappa shape index (κ2) is 5.60. The van der Waals surface area contributed by atoms with Gasteiger partial charge in [0.15, 0.2) is 0 Å². The van der Waals surface area contributed by atoms with E-state index in [0.29, 0.717) is 4.99 Å². The lowest BCUT2D eigenvalue weighted by molar-refractivity contribution is -0.129. The highest BCUT2D eigenvalue weighted by molar-refractivity contribution is 7.80. The lowest BCUT2D eigenvalue weighted by Crippen LogP contribution is -2.48. The van der Waals surface area contributed by atoms with Gasteiger partial charge in [-0.25, -0.2) is 4.98 Å². The Bertz CT molecular complexity index is 594. The number of nitrogens with zero attached hydrogens (tertiary/aromatic N) is 3. The molecule has 1 aliphatic heterocycles. The molecule has 6 heteroatoms. The second-order valence-corrected chi connectivity index (χ2v) is 6.12. The number of piperazine rings is 1. The highest BCUT2D eigenvalue weighted by atomic mass is 32.1. The van der Waals surface area contributed by atoms with Crippen molar-refractivity contribution in [1.82, 2.24) is 9.88 Å². The van der Waals surface area contributed by atoms with Crippen LogP contribution >= 0.6 is 12.2 Å². The Morgan fingerprint density at radius 1 is 1.29 bits per heavy atom. The Balaban J connectivity index is 1.88. The van der Waals surface area contributed by atoms with Gasteiger partial charge in [-0.1, -0.05) is 12.2 Å². The van der Waals surface area contributed by atoms with E-state index < -0.39 is 0 Å². The van der Waals surface area contributed by atoms with E-state index in [1.54, 1.807) is 6.92 Å². The van der Waals surface area contributed by atoms with E-state index in [2.05, 4.69) is 11.0 Å². The van der Waals surface area contributed by atoms with Crippen LogP contribution in [0.4, 0.5) is 5.82 Å². The molecule has 1 aromatic rings. The largest absolute Gasteiger partial charge is 0.389 e. The topological polar surface area (TPSA) is 62.5 Å². The number of nitrogens with two attached hydrogens (primary N) is 1. The van der Waals surface area contributed by atoms with Gasteiger partial charge in [-0.2, -0.15) is 0 Å². The molecular weight excluding hydrogens is 284 g/mol. The van der Waals surface area contributed by atoms with Gasteiger partial charge in [-0.3, -0.25) is 4.79 Å². The van der Waals surface area contributed by atoms with Crippen molar-refractivity contribution >= 4 is 28.9 Å². The smallest absolute Gasteiger partial charge is 0.219 e. The average Bonchev–Trinajstić information content (AvgIpc) is 2.93. The van der Waals surface area contributed by atoms with Crippen LogP contribution < -0.4 is 10.6 Å². The first kappa shape index (κ1) is 14.3. The molecule has 2 N–H and O–H groups in total. The van der Waals surface area contributed by atoms with Crippen molar-refractivity contribution in [2.75, 3.05) is 31.1 Å². The molecule has 112 valence electrons. The standard InChI is InChI=1S/C15H20N4OS/c1-10(20)18-5-7-19(8-6-18)15-12(14(16)21)9-11-3-2-4-13(11)17-15/h9H,2-8H2,1H3,(H2,16,21). The van der Waals surface area contributed by atoms with E-state index in [0.717, 1.165) is 56.8 Å². The van der Waals surface area contributed by atoms with Gasteiger partial charge in [0.25, 0.3) is 0 Å². The third-order valence-electron chi connectivity index (χ3n) is 4.32. The molecule has 21 heavy (non-hydrogen) atoms. The number of thiocarbonyl (C=S) groups is 1. The van der Waals surface area contributed by atoms with Crippen molar-refractivity contribution in [1.29, 1.82) is 0 Å². The minimum Gasteiger partial charge on any atom is -0.389 e. The van der Waals surface area contributed by atoms with Crippen LogP contribution in [0, 0.1) is 0 Å². The van der Waals surface area contributed by atoms with Crippen LogP contribution in [0.5, 0.6) is 0 Å². The van der Waals surface area contributed by atoms with E-state index in [9.17, 15) is 4.79 Å². The third kappa shape index (κ3) is 2.72. The number of hydrogen-bond acceptors (Lipinski definition) is 4. The summed E-state index contributed by atoms with van der Waals surface area (Å²) in [5.41, 5.74) is 9.23. The number of rotatable bonds is 2. The Labute approximate surface area is 130 Å². The van der Waals surface area contributed by atoms with Crippen molar-refractivity contribution in [3.8, 4) is 0 Å². The summed E-state index contributed by atoms with van der Waals surface area (Å²) >= 11 is 5.20. The molecule has 1 saturated heterocycles. The third-order valence-corrected chi connectivity index (χ3v) is 4.54. The zero-order valence-corrected chi connectivity index (χ0v) is 13.1. The summed E-state index contributed by atoms with van der Waals surface area (Å²) in [4.78, 5) is 20.7.